The molecule has 0 unspecified atom stereocenters. The number of nitrogens with two attached hydrogens (primary N) is 2. The summed E-state index contributed by atoms with van der Waals surface area (Å²) in [6.07, 6.45) is -1.77. The van der Waals surface area contributed by atoms with Crippen LogP contribution in [0.3, 0.4) is 0 Å². The van der Waals surface area contributed by atoms with E-state index in [4.69, 9.17) is 16.6 Å². The van der Waals surface area contributed by atoms with Gasteiger partial charge in [0.1, 0.15) is 66.2 Å². The molecule has 3 aromatic carbocycles. The number of hydrogen-bond acceptors (Lipinski definition) is 19. The number of carboxylic acids is 3. The molecular weight excluding hydrogens is 1310 g/mol. The Hall–Kier alpha value is -9.31. The van der Waals surface area contributed by atoms with E-state index in [2.05, 4.69) is 47.5 Å². The van der Waals surface area contributed by atoms with E-state index in [0.29, 0.717) is 34.0 Å². The van der Waals surface area contributed by atoms with E-state index in [1.165, 1.54) is 52.1 Å². The number of H-pyrrole nitrogens is 1. The SMILES string of the molecule is CC(C)[C@H](NC(=O)[C@@H]1CSSC[C@H](NC(=O)[C@H](CC(=O)O)NC(=O)[C@@H]2CCCN2C(=O)[C@@H](NC(=O)[C@@H](N)CCC(=O)O)[C@@H](C)O)C(=O)N[C@@H](Cc2ccccc2)C(=O)N[C@@H](Cc2c[nH]c3ccccc23)C(=O)N(C)[C@@H](CCCCN)C(=O)N[C@@H](Cc2ccc(O)cc2)C(=O)N1)C(=O)O. The lowest BCUT2D eigenvalue weighted by Gasteiger charge is -2.33. The molecule has 10 amide bonds. The van der Waals surface area contributed by atoms with Gasteiger partial charge in [-0.15, -0.1) is 0 Å². The van der Waals surface area contributed by atoms with Crippen LogP contribution in [0, 0.1) is 5.92 Å². The second kappa shape index (κ2) is 37.4. The summed E-state index contributed by atoms with van der Waals surface area (Å²) in [5, 5.41) is 71.6. The van der Waals surface area contributed by atoms with E-state index in [-0.39, 0.29) is 70.2 Å². The maximum atomic E-state index is 15.4. The Bertz CT molecular complexity index is 3490. The van der Waals surface area contributed by atoms with Crippen LogP contribution in [-0.4, -0.2) is 222 Å². The quantitative estimate of drug-likeness (QED) is 0.0249. The van der Waals surface area contributed by atoms with E-state index in [1.54, 1.807) is 60.8 Å². The Balaban J connectivity index is 1.43. The molecule has 18 N–H and O–H groups in total. The van der Waals surface area contributed by atoms with Gasteiger partial charge in [-0.1, -0.05) is 96.1 Å². The number of aromatic hydroxyl groups is 1. The number of amides is 10. The molecule has 1 aromatic heterocycles. The fourth-order valence-corrected chi connectivity index (χ4v) is 13.5. The first-order chi connectivity index (χ1) is 46.6. The normalized spacial score (nSPS) is 21.6. The Morgan fingerprint density at radius 3 is 1.94 bits per heavy atom. The number of carboxylic acid groups (broad SMARTS) is 3. The highest BCUT2D eigenvalue weighted by Gasteiger charge is 2.43. The van der Waals surface area contributed by atoms with E-state index in [0.717, 1.165) is 31.4 Å². The molecule has 0 bridgehead atoms. The van der Waals surface area contributed by atoms with Crippen LogP contribution < -0.4 is 54.0 Å². The van der Waals surface area contributed by atoms with Gasteiger partial charge in [-0.05, 0) is 92.8 Å². The molecule has 0 saturated carbocycles. The molecule has 0 radical (unpaired) electrons. The molecule has 0 spiro atoms. The number of aromatic nitrogens is 1. The first-order valence-corrected chi connectivity index (χ1v) is 34.5. The summed E-state index contributed by atoms with van der Waals surface area (Å²) in [4.78, 5) is 188. The number of nitrogens with one attached hydrogen (secondary N) is 9. The van der Waals surface area contributed by atoms with Gasteiger partial charge in [0, 0.05) is 67.9 Å². The van der Waals surface area contributed by atoms with Gasteiger partial charge in [-0.2, -0.15) is 0 Å². The summed E-state index contributed by atoms with van der Waals surface area (Å²) < 4.78 is 0. The molecule has 31 nitrogen and oxygen atoms in total. The summed E-state index contributed by atoms with van der Waals surface area (Å²) in [6, 6.07) is 3.79. The predicted octanol–water partition coefficient (Wildman–Crippen LogP) is -1.09. The van der Waals surface area contributed by atoms with E-state index < -0.39 is 180 Å². The van der Waals surface area contributed by atoms with Crippen molar-refractivity contribution < 1.29 is 87.9 Å². The molecule has 98 heavy (non-hydrogen) atoms. The van der Waals surface area contributed by atoms with Crippen molar-refractivity contribution in [2.75, 3.05) is 31.6 Å². The van der Waals surface area contributed by atoms with Gasteiger partial charge in [0.15, 0.2) is 0 Å². The number of carbonyl (C=O) groups excluding carboxylic acids is 10. The first-order valence-electron chi connectivity index (χ1n) is 32.0. The topological polar surface area (TPSA) is 494 Å². The predicted molar refractivity (Wildman–Crippen MR) is 360 cm³/mol. The molecule has 2 saturated heterocycles. The maximum absolute atomic E-state index is 15.4. The number of fused-ring (bicyclic) bond motifs is 1. The smallest absolute Gasteiger partial charge is 0.326 e. The molecule has 0 aliphatic carbocycles. The summed E-state index contributed by atoms with van der Waals surface area (Å²) in [7, 11) is 3.00. The number of phenols is 1. The Morgan fingerprint density at radius 1 is 0.684 bits per heavy atom. The van der Waals surface area contributed by atoms with Crippen LogP contribution in [0.2, 0.25) is 0 Å². The molecule has 2 fully saturated rings. The van der Waals surface area contributed by atoms with Gasteiger partial charge in [0.2, 0.25) is 59.1 Å². The summed E-state index contributed by atoms with van der Waals surface area (Å²) in [6.45, 7) is 4.33. The number of carbonyl (C=O) groups is 13. The highest BCUT2D eigenvalue weighted by atomic mass is 33.1. The second-order valence-corrected chi connectivity index (χ2v) is 27.0. The molecule has 2 aliphatic heterocycles. The fourth-order valence-electron chi connectivity index (χ4n) is 11.2. The van der Waals surface area contributed by atoms with Crippen molar-refractivity contribution >= 4 is 109 Å². The number of unbranched alkanes of at least 4 members (excludes halogenated alkanes) is 1. The number of aliphatic carboxylic acids is 3. The number of likely N-dealkylation sites (N-methyl/N-ethyl adjacent to an activating group) is 1. The van der Waals surface area contributed by atoms with Crippen molar-refractivity contribution in [3.05, 3.63) is 102 Å². The number of nitrogens with zero attached hydrogens (tertiary/aromatic N) is 2. The molecule has 12 atom stereocenters. The van der Waals surface area contributed by atoms with Crippen LogP contribution in [0.5, 0.6) is 5.75 Å². The third kappa shape index (κ3) is 22.6. The average molecular weight is 1400 g/mol. The summed E-state index contributed by atoms with van der Waals surface area (Å²) in [5.74, 6) is -15.8. The van der Waals surface area contributed by atoms with Gasteiger partial charge in [-0.3, -0.25) is 57.5 Å². The number of hydrogen-bond donors (Lipinski definition) is 16. The van der Waals surface area contributed by atoms with E-state index in [9.17, 15) is 63.6 Å². The van der Waals surface area contributed by atoms with E-state index in [1.807, 2.05) is 0 Å². The van der Waals surface area contributed by atoms with Crippen LogP contribution in [0.1, 0.15) is 88.8 Å². The van der Waals surface area contributed by atoms with Crippen LogP contribution in [0.4, 0.5) is 0 Å². The van der Waals surface area contributed by atoms with Crippen molar-refractivity contribution in [1.82, 2.24) is 57.3 Å². The standard InChI is InChI=1S/C65H87N13O18S2/c1-34(2)53(65(95)96)75-60(90)48-33-98-97-32-47(73-58(88)45(30-52(83)84)71-62(92)50-18-12-26-78(50)64(94)54(35(3)79)76-55(85)41(67)23-24-51(81)82)59(89)69-43(27-36-13-6-5-7-14-36)56(86)72-46(29-38-31-68-42-16-9-8-15-40(38)42)63(93)77(4)49(17-10-11-25-66)61(91)70-44(57(87)74-48)28-37-19-21-39(80)22-20-37/h5-9,13-16,19-22,31,34-35,41,43-50,53-54,68,79-80H,10-12,17-18,23-30,32-33,66-67H2,1-4H3,(H,69,89)(H,70,91)(H,71,92)(H,72,86)(H,73,88)(H,74,87)(H,75,90)(H,76,85)(H,81,82)(H,83,84)(H,95,96)/t35-,41+,43+,44+,45+,46+,47+,48+,49+,50+,53+,54+/m1/s1. The second-order valence-electron chi connectivity index (χ2n) is 24.4. The monoisotopic (exact) mass is 1400 g/mol. The molecule has 33 heteroatoms. The number of aliphatic hydroxyl groups is 1. The molecule has 2 aliphatic rings. The minimum atomic E-state index is -2.00. The number of phenolic OH excluding ortho intramolecular Hbond substituents is 1. The zero-order chi connectivity index (χ0) is 71.9. The molecular formula is C65H87N13O18S2. The zero-order valence-corrected chi connectivity index (χ0v) is 56.2. The highest BCUT2D eigenvalue weighted by Crippen LogP contribution is 2.26. The van der Waals surface area contributed by atoms with Crippen molar-refractivity contribution in [3.63, 3.8) is 0 Å². The Labute approximate surface area is 572 Å². The van der Waals surface area contributed by atoms with E-state index >= 15 is 19.2 Å². The lowest BCUT2D eigenvalue weighted by molar-refractivity contribution is -0.145. The largest absolute Gasteiger partial charge is 0.508 e. The summed E-state index contributed by atoms with van der Waals surface area (Å²) in [5.41, 5.74) is 13.9. The number of aromatic amines is 1. The Morgan fingerprint density at radius 2 is 1.31 bits per heavy atom. The first kappa shape index (κ1) is 77.7. The molecule has 6 rings (SSSR count). The van der Waals surface area contributed by atoms with Gasteiger partial charge < -0.3 is 94.3 Å². The Kier molecular flexibility index (Phi) is 29.7. The lowest BCUT2D eigenvalue weighted by Crippen LogP contribution is -2.62. The highest BCUT2D eigenvalue weighted by molar-refractivity contribution is 8.76. The van der Waals surface area contributed by atoms with Crippen molar-refractivity contribution in [3.8, 4) is 5.75 Å². The van der Waals surface area contributed by atoms with Gasteiger partial charge >= 0.3 is 17.9 Å². The third-order valence-electron chi connectivity index (χ3n) is 16.6. The van der Waals surface area contributed by atoms with Crippen molar-refractivity contribution in [2.45, 2.75) is 164 Å². The lowest BCUT2D eigenvalue weighted by atomic mass is 9.99. The molecule has 3 heterocycles. The van der Waals surface area contributed by atoms with Gasteiger partial charge in [0.05, 0.1) is 18.6 Å². The third-order valence-corrected chi connectivity index (χ3v) is 19.1. The number of benzene rings is 3. The zero-order valence-electron chi connectivity index (χ0n) is 54.6. The van der Waals surface area contributed by atoms with Crippen molar-refractivity contribution in [2.24, 2.45) is 17.4 Å². The fraction of sp³-hybridized carbons (Fsp3) is 0.492. The average Bonchev–Trinajstić information content (AvgIpc) is 1.60. The van der Waals surface area contributed by atoms with Crippen molar-refractivity contribution in [1.29, 1.82) is 0 Å². The molecule has 4 aromatic rings. The summed E-state index contributed by atoms with van der Waals surface area (Å²) >= 11 is 0. The van der Waals surface area contributed by atoms with Crippen LogP contribution in [0.15, 0.2) is 85.1 Å². The van der Waals surface area contributed by atoms with Crippen LogP contribution >= 0.6 is 21.6 Å². The maximum Gasteiger partial charge on any atom is 0.326 e. The number of aliphatic hydroxyl groups excluding tert-OH is 1. The van der Waals surface area contributed by atoms with Crippen LogP contribution in [-0.2, 0) is 81.6 Å². The number of likely N-dealkylation sites (tertiary alicyclic amines) is 1. The van der Waals surface area contributed by atoms with Gasteiger partial charge in [0.25, 0.3) is 0 Å². The minimum absolute atomic E-state index is 0.0200. The van der Waals surface area contributed by atoms with Gasteiger partial charge in [-0.25, -0.2) is 4.79 Å². The number of para-hydroxylation sites is 1. The number of rotatable bonds is 27. The minimum Gasteiger partial charge on any atom is -0.508 e. The molecule has 532 valence electrons. The van der Waals surface area contributed by atoms with Crippen LogP contribution in [0.25, 0.3) is 10.9 Å².